The summed E-state index contributed by atoms with van der Waals surface area (Å²) in [6.07, 6.45) is 1.83. The molecule has 4 heteroatoms. The lowest BCUT2D eigenvalue weighted by atomic mass is 9.98. The van der Waals surface area contributed by atoms with Crippen molar-refractivity contribution in [2.24, 2.45) is 0 Å². The number of fused-ring (bicyclic) bond motifs is 1. The van der Waals surface area contributed by atoms with E-state index in [1.807, 2.05) is 13.0 Å². The Morgan fingerprint density at radius 1 is 1.60 bits per heavy atom. The Bertz CT molecular complexity index is 417. The first-order chi connectivity index (χ1) is 7.15. The van der Waals surface area contributed by atoms with E-state index in [1.165, 1.54) is 0 Å². The van der Waals surface area contributed by atoms with Crippen LogP contribution in [0.2, 0.25) is 0 Å². The molecule has 3 nitrogen and oxygen atoms in total. The summed E-state index contributed by atoms with van der Waals surface area (Å²) in [5.74, 6) is -0.863. The first-order valence-corrected chi connectivity index (χ1v) is 5.24. The summed E-state index contributed by atoms with van der Waals surface area (Å²) < 4.78 is 0. The van der Waals surface area contributed by atoms with E-state index >= 15 is 0 Å². The maximum atomic E-state index is 10.9. The molecule has 15 heavy (non-hydrogen) atoms. The number of halogens is 1. The molecule has 0 aromatic heterocycles. The van der Waals surface area contributed by atoms with Crippen LogP contribution >= 0.6 is 11.8 Å². The van der Waals surface area contributed by atoms with E-state index in [0.29, 0.717) is 5.56 Å². The van der Waals surface area contributed by atoms with Crippen molar-refractivity contribution in [3.63, 3.8) is 0 Å². The van der Waals surface area contributed by atoms with Crippen molar-refractivity contribution < 1.29 is 9.90 Å². The zero-order chi connectivity index (χ0) is 11.0. The molecule has 0 amide bonds. The Morgan fingerprint density at radius 3 is 2.93 bits per heavy atom. The third-order valence-corrected chi connectivity index (χ3v) is 3.32. The van der Waals surface area contributed by atoms with Crippen LogP contribution in [0.4, 0.5) is 0 Å². The van der Waals surface area contributed by atoms with Crippen LogP contribution < -0.4 is 4.84 Å². The number of nitrogens with one attached hydrogen (secondary N) is 1. The van der Waals surface area contributed by atoms with Crippen molar-refractivity contribution in [3.05, 3.63) is 34.4 Å². The summed E-state index contributed by atoms with van der Waals surface area (Å²) in [7, 11) is 0. The summed E-state index contributed by atoms with van der Waals surface area (Å²) in [6, 6.07) is 3.67. The summed E-state index contributed by atoms with van der Waals surface area (Å²) in [4.78, 5) is 13.7. The van der Waals surface area contributed by atoms with Crippen molar-refractivity contribution in [2.45, 2.75) is 25.8 Å². The lowest BCUT2D eigenvalue weighted by molar-refractivity contribution is 0.0696. The average Bonchev–Trinajstić information content (AvgIpc) is 2.61. The Labute approximate surface area is 93.2 Å². The Hall–Kier alpha value is -1.06. The molecule has 2 rings (SSSR count). The molecule has 2 N–H and O–H groups in total. The van der Waals surface area contributed by atoms with E-state index in [-0.39, 0.29) is 6.04 Å². The molecule has 1 aromatic carbocycles. The van der Waals surface area contributed by atoms with Gasteiger partial charge in [0.15, 0.2) is 0 Å². The predicted molar refractivity (Wildman–Crippen MR) is 58.2 cm³/mol. The standard InChI is InChI=1S/C11H12ClNO2/c1-6-7-4-5-10(13-12)9(7)3-2-8(6)11(14)15/h2-3,10,13H,4-5H2,1H3,(H,14,15)/t10-/m0/s1. The number of hydrogen-bond donors (Lipinski definition) is 2. The molecule has 0 radical (unpaired) electrons. The number of benzene rings is 1. The molecule has 0 spiro atoms. The van der Waals surface area contributed by atoms with E-state index in [0.717, 1.165) is 29.5 Å². The second-order valence-corrected chi connectivity index (χ2v) is 4.03. The summed E-state index contributed by atoms with van der Waals surface area (Å²) in [5, 5.41) is 8.98. The van der Waals surface area contributed by atoms with Crippen molar-refractivity contribution >= 4 is 17.7 Å². The topological polar surface area (TPSA) is 49.3 Å². The molecule has 0 unspecified atom stereocenters. The Balaban J connectivity index is 2.52. The molecule has 0 aliphatic heterocycles. The van der Waals surface area contributed by atoms with Crippen molar-refractivity contribution in [3.8, 4) is 0 Å². The summed E-state index contributed by atoms with van der Waals surface area (Å²) in [5.41, 5.74) is 3.53. The highest BCUT2D eigenvalue weighted by atomic mass is 35.5. The molecule has 1 atom stereocenters. The van der Waals surface area contributed by atoms with Gasteiger partial charge in [0.1, 0.15) is 0 Å². The van der Waals surface area contributed by atoms with Crippen molar-refractivity contribution in [2.75, 3.05) is 0 Å². The summed E-state index contributed by atoms with van der Waals surface area (Å²) >= 11 is 5.62. The van der Waals surface area contributed by atoms with Gasteiger partial charge in [-0.25, -0.2) is 9.63 Å². The van der Waals surface area contributed by atoms with Gasteiger partial charge in [-0.05, 0) is 54.3 Å². The highest BCUT2D eigenvalue weighted by molar-refractivity contribution is 6.13. The van der Waals surface area contributed by atoms with Crippen LogP contribution in [-0.2, 0) is 6.42 Å². The van der Waals surface area contributed by atoms with Gasteiger partial charge < -0.3 is 5.11 Å². The van der Waals surface area contributed by atoms with Gasteiger partial charge in [-0.3, -0.25) is 0 Å². The molecule has 1 aromatic rings. The molecule has 0 bridgehead atoms. The van der Waals surface area contributed by atoms with Gasteiger partial charge in [0.25, 0.3) is 0 Å². The number of hydrogen-bond acceptors (Lipinski definition) is 2. The first kappa shape index (κ1) is 10.5. The smallest absolute Gasteiger partial charge is 0.335 e. The van der Waals surface area contributed by atoms with Crippen molar-refractivity contribution in [1.29, 1.82) is 0 Å². The van der Waals surface area contributed by atoms with E-state index in [4.69, 9.17) is 16.9 Å². The lowest BCUT2D eigenvalue weighted by Crippen LogP contribution is -2.08. The van der Waals surface area contributed by atoms with E-state index in [1.54, 1.807) is 6.07 Å². The fourth-order valence-electron chi connectivity index (χ4n) is 2.23. The number of carbonyl (C=O) groups is 1. The molecule has 1 aliphatic rings. The number of carboxylic acids is 1. The molecular weight excluding hydrogens is 214 g/mol. The average molecular weight is 226 g/mol. The second kappa shape index (κ2) is 3.83. The zero-order valence-corrected chi connectivity index (χ0v) is 9.14. The zero-order valence-electron chi connectivity index (χ0n) is 8.38. The normalized spacial score (nSPS) is 18.9. The van der Waals surface area contributed by atoms with E-state index in [9.17, 15) is 4.79 Å². The maximum Gasteiger partial charge on any atom is 0.335 e. The largest absolute Gasteiger partial charge is 0.478 e. The Kier molecular flexibility index (Phi) is 2.67. The molecule has 0 saturated heterocycles. The Morgan fingerprint density at radius 2 is 2.33 bits per heavy atom. The number of rotatable bonds is 2. The fourth-order valence-corrected chi connectivity index (χ4v) is 2.45. The molecule has 0 heterocycles. The second-order valence-electron chi connectivity index (χ2n) is 3.81. The monoisotopic (exact) mass is 225 g/mol. The third-order valence-electron chi connectivity index (χ3n) is 3.06. The quantitative estimate of drug-likeness (QED) is 0.760. The molecule has 1 aliphatic carbocycles. The van der Waals surface area contributed by atoms with Gasteiger partial charge >= 0.3 is 5.97 Å². The minimum atomic E-state index is -0.863. The van der Waals surface area contributed by atoms with Crippen LogP contribution in [-0.4, -0.2) is 11.1 Å². The van der Waals surface area contributed by atoms with Gasteiger partial charge in [0.05, 0.1) is 5.56 Å². The lowest BCUT2D eigenvalue weighted by Gasteiger charge is -2.10. The van der Waals surface area contributed by atoms with Crippen LogP contribution in [0.5, 0.6) is 0 Å². The van der Waals surface area contributed by atoms with Crippen LogP contribution in [0.3, 0.4) is 0 Å². The van der Waals surface area contributed by atoms with Crippen LogP contribution in [0.1, 0.15) is 39.5 Å². The summed E-state index contributed by atoms with van der Waals surface area (Å²) in [6.45, 7) is 1.86. The van der Waals surface area contributed by atoms with Crippen molar-refractivity contribution in [1.82, 2.24) is 4.84 Å². The molecule has 0 fully saturated rings. The number of aromatic carboxylic acids is 1. The fraction of sp³-hybridized carbons (Fsp3) is 0.364. The van der Waals surface area contributed by atoms with Gasteiger partial charge in [0, 0.05) is 6.04 Å². The van der Waals surface area contributed by atoms with E-state index < -0.39 is 5.97 Å². The van der Waals surface area contributed by atoms with Crippen LogP contribution in [0.25, 0.3) is 0 Å². The highest BCUT2D eigenvalue weighted by Crippen LogP contribution is 2.34. The van der Waals surface area contributed by atoms with Crippen LogP contribution in [0.15, 0.2) is 12.1 Å². The highest BCUT2D eigenvalue weighted by Gasteiger charge is 2.25. The maximum absolute atomic E-state index is 10.9. The molecule has 80 valence electrons. The minimum absolute atomic E-state index is 0.156. The van der Waals surface area contributed by atoms with Gasteiger partial charge in [-0.2, -0.15) is 0 Å². The van der Waals surface area contributed by atoms with Gasteiger partial charge in [-0.15, -0.1) is 0 Å². The predicted octanol–water partition coefficient (Wildman–Crippen LogP) is 2.42. The van der Waals surface area contributed by atoms with E-state index in [2.05, 4.69) is 4.84 Å². The SMILES string of the molecule is Cc1c(C(=O)O)ccc2c1CC[C@@H]2NCl. The van der Waals surface area contributed by atoms with Gasteiger partial charge in [-0.1, -0.05) is 6.07 Å². The number of carboxylic acid groups (broad SMARTS) is 1. The molecular formula is C11H12ClNO2. The third kappa shape index (κ3) is 1.62. The van der Waals surface area contributed by atoms with Gasteiger partial charge in [0.2, 0.25) is 0 Å². The first-order valence-electron chi connectivity index (χ1n) is 4.87. The molecule has 0 saturated carbocycles. The minimum Gasteiger partial charge on any atom is -0.478 e. The van der Waals surface area contributed by atoms with Crippen LogP contribution in [0, 0.1) is 6.92 Å².